The number of anilines is 1. The Bertz CT molecular complexity index is 1220. The lowest BCUT2D eigenvalue weighted by molar-refractivity contribution is -0.145. The molecule has 0 spiro atoms. The smallest absolute Gasteiger partial charge is 0.344 e. The van der Waals surface area contributed by atoms with Gasteiger partial charge in [0.05, 0.1) is 25.3 Å². The first-order valence-electron chi connectivity index (χ1n) is 13.2. The number of rotatable bonds is 10. The van der Waals surface area contributed by atoms with Gasteiger partial charge >= 0.3 is 5.97 Å². The van der Waals surface area contributed by atoms with E-state index in [-0.39, 0.29) is 18.4 Å². The van der Waals surface area contributed by atoms with Crippen LogP contribution in [0.15, 0.2) is 54.9 Å². The highest BCUT2D eigenvalue weighted by Crippen LogP contribution is 2.39. The SMILES string of the molecule is CCOC(=O)COc1cccc2c1CCCC2C(=O)N(Cc1cnn(CC)c1)c1ccc(C(C)C)cc1. The largest absolute Gasteiger partial charge is 0.482 e. The fourth-order valence-corrected chi connectivity index (χ4v) is 4.91. The first-order valence-corrected chi connectivity index (χ1v) is 13.2. The maximum absolute atomic E-state index is 14.2. The number of hydrogen-bond donors (Lipinski definition) is 0. The van der Waals surface area contributed by atoms with Crippen molar-refractivity contribution < 1.29 is 19.1 Å². The van der Waals surface area contributed by atoms with Gasteiger partial charge in [0.2, 0.25) is 5.91 Å². The van der Waals surface area contributed by atoms with Crippen LogP contribution >= 0.6 is 0 Å². The van der Waals surface area contributed by atoms with E-state index in [0.29, 0.717) is 24.8 Å². The van der Waals surface area contributed by atoms with E-state index in [4.69, 9.17) is 9.47 Å². The van der Waals surface area contributed by atoms with Crippen LogP contribution in [0.4, 0.5) is 5.69 Å². The first kappa shape index (κ1) is 26.5. The Balaban J connectivity index is 1.64. The van der Waals surface area contributed by atoms with E-state index < -0.39 is 5.97 Å². The van der Waals surface area contributed by atoms with Crippen molar-refractivity contribution in [2.24, 2.45) is 0 Å². The average molecular weight is 504 g/mol. The van der Waals surface area contributed by atoms with Crippen LogP contribution in [0.2, 0.25) is 0 Å². The van der Waals surface area contributed by atoms with Crippen LogP contribution in [0.1, 0.15) is 74.6 Å². The Hall–Kier alpha value is -3.61. The lowest BCUT2D eigenvalue weighted by Gasteiger charge is -2.31. The summed E-state index contributed by atoms with van der Waals surface area (Å²) in [5.41, 5.74) is 5.09. The van der Waals surface area contributed by atoms with Crippen molar-refractivity contribution in [3.8, 4) is 5.75 Å². The van der Waals surface area contributed by atoms with E-state index in [2.05, 4.69) is 31.1 Å². The summed E-state index contributed by atoms with van der Waals surface area (Å²) in [7, 11) is 0. The van der Waals surface area contributed by atoms with Gasteiger partial charge in [0, 0.05) is 24.0 Å². The van der Waals surface area contributed by atoms with Gasteiger partial charge < -0.3 is 14.4 Å². The normalized spacial score (nSPS) is 14.8. The molecule has 0 N–H and O–H groups in total. The van der Waals surface area contributed by atoms with Crippen LogP contribution in [0.5, 0.6) is 5.75 Å². The first-order chi connectivity index (χ1) is 17.9. The lowest BCUT2D eigenvalue weighted by atomic mass is 9.81. The molecular formula is C30H37N3O4. The third-order valence-electron chi connectivity index (χ3n) is 6.90. The number of esters is 1. The number of carbonyl (C=O) groups is 2. The van der Waals surface area contributed by atoms with Crippen molar-refractivity contribution in [2.45, 2.75) is 71.9 Å². The van der Waals surface area contributed by atoms with Crippen LogP contribution in [0.3, 0.4) is 0 Å². The molecule has 1 aliphatic carbocycles. The van der Waals surface area contributed by atoms with E-state index in [9.17, 15) is 9.59 Å². The van der Waals surface area contributed by atoms with Crippen molar-refractivity contribution in [3.05, 3.63) is 77.1 Å². The quantitative estimate of drug-likeness (QED) is 0.336. The highest BCUT2D eigenvalue weighted by molar-refractivity contribution is 5.98. The van der Waals surface area contributed by atoms with Gasteiger partial charge in [-0.25, -0.2) is 4.79 Å². The highest BCUT2D eigenvalue weighted by Gasteiger charge is 2.32. The molecule has 7 heteroatoms. The van der Waals surface area contributed by atoms with Crippen molar-refractivity contribution in [3.63, 3.8) is 0 Å². The Morgan fingerprint density at radius 2 is 1.92 bits per heavy atom. The molecule has 1 heterocycles. The molecule has 1 aromatic heterocycles. The zero-order valence-electron chi connectivity index (χ0n) is 22.3. The summed E-state index contributed by atoms with van der Waals surface area (Å²) < 4.78 is 12.7. The minimum Gasteiger partial charge on any atom is -0.482 e. The van der Waals surface area contributed by atoms with Crippen LogP contribution in [-0.2, 0) is 33.8 Å². The molecule has 1 atom stereocenters. The number of hydrogen-bond acceptors (Lipinski definition) is 5. The molecule has 0 saturated heterocycles. The third kappa shape index (κ3) is 6.21. The Morgan fingerprint density at radius 3 is 2.59 bits per heavy atom. The lowest BCUT2D eigenvalue weighted by Crippen LogP contribution is -2.36. The highest BCUT2D eigenvalue weighted by atomic mass is 16.6. The molecule has 2 aromatic carbocycles. The molecule has 0 radical (unpaired) electrons. The standard InChI is InChI=1S/C30H37N3O4/c1-5-32-18-22(17-31-32)19-33(24-15-13-23(14-16-24)21(3)4)30(35)27-11-7-10-26-25(27)9-8-12-28(26)37-20-29(34)36-6-2/h8-9,12-18,21,27H,5-7,10-11,19-20H2,1-4H3. The predicted octanol–water partition coefficient (Wildman–Crippen LogP) is 5.62. The summed E-state index contributed by atoms with van der Waals surface area (Å²) in [4.78, 5) is 27.9. The second-order valence-corrected chi connectivity index (χ2v) is 9.74. The van der Waals surface area contributed by atoms with Gasteiger partial charge in [0.25, 0.3) is 0 Å². The van der Waals surface area contributed by atoms with Crippen molar-refractivity contribution in [2.75, 3.05) is 18.1 Å². The minimum absolute atomic E-state index is 0.0602. The van der Waals surface area contributed by atoms with Crippen molar-refractivity contribution in [1.82, 2.24) is 9.78 Å². The Morgan fingerprint density at radius 1 is 1.14 bits per heavy atom. The van der Waals surface area contributed by atoms with E-state index >= 15 is 0 Å². The average Bonchev–Trinajstić information content (AvgIpc) is 3.38. The maximum atomic E-state index is 14.2. The molecule has 0 saturated carbocycles. The van der Waals surface area contributed by atoms with Gasteiger partial charge in [0.1, 0.15) is 5.75 Å². The van der Waals surface area contributed by atoms with Crippen LogP contribution in [-0.4, -0.2) is 34.9 Å². The summed E-state index contributed by atoms with van der Waals surface area (Å²) in [5, 5.41) is 4.41. The maximum Gasteiger partial charge on any atom is 0.344 e. The number of benzene rings is 2. The van der Waals surface area contributed by atoms with E-state index in [0.717, 1.165) is 48.2 Å². The fourth-order valence-electron chi connectivity index (χ4n) is 4.91. The van der Waals surface area contributed by atoms with Gasteiger partial charge in [-0.2, -0.15) is 5.10 Å². The molecule has 1 unspecified atom stereocenters. The number of carbonyl (C=O) groups excluding carboxylic acids is 2. The molecule has 37 heavy (non-hydrogen) atoms. The number of aryl methyl sites for hydroxylation is 1. The molecule has 1 aliphatic rings. The molecule has 196 valence electrons. The minimum atomic E-state index is -0.396. The molecule has 0 fully saturated rings. The number of amides is 1. The summed E-state index contributed by atoms with van der Waals surface area (Å²) >= 11 is 0. The van der Waals surface area contributed by atoms with Gasteiger partial charge in [0.15, 0.2) is 6.61 Å². The zero-order chi connectivity index (χ0) is 26.4. The van der Waals surface area contributed by atoms with Gasteiger partial charge in [-0.15, -0.1) is 0 Å². The summed E-state index contributed by atoms with van der Waals surface area (Å²) in [6.45, 7) is 9.55. The third-order valence-corrected chi connectivity index (χ3v) is 6.90. The van der Waals surface area contributed by atoms with Gasteiger partial charge in [-0.1, -0.05) is 38.1 Å². The molecule has 3 aromatic rings. The van der Waals surface area contributed by atoms with Crippen LogP contribution < -0.4 is 9.64 Å². The molecule has 1 amide bonds. The number of fused-ring (bicyclic) bond motifs is 1. The second kappa shape index (κ2) is 12.1. The number of nitrogens with zero attached hydrogens (tertiary/aromatic N) is 3. The number of ether oxygens (including phenoxy) is 2. The number of aromatic nitrogens is 2. The summed E-state index contributed by atoms with van der Waals surface area (Å²) in [5.74, 6) is 0.442. The molecular weight excluding hydrogens is 466 g/mol. The fraction of sp³-hybridized carbons (Fsp3) is 0.433. The predicted molar refractivity (Wildman–Crippen MR) is 144 cm³/mol. The molecule has 7 nitrogen and oxygen atoms in total. The monoisotopic (exact) mass is 503 g/mol. The Kier molecular flexibility index (Phi) is 8.64. The van der Waals surface area contributed by atoms with Crippen LogP contribution in [0, 0.1) is 0 Å². The Labute approximate surface area is 219 Å². The zero-order valence-corrected chi connectivity index (χ0v) is 22.3. The van der Waals surface area contributed by atoms with Crippen molar-refractivity contribution in [1.29, 1.82) is 0 Å². The topological polar surface area (TPSA) is 73.7 Å². The van der Waals surface area contributed by atoms with Crippen LogP contribution in [0.25, 0.3) is 0 Å². The summed E-state index contributed by atoms with van der Waals surface area (Å²) in [6.07, 6.45) is 6.28. The molecule has 0 aliphatic heterocycles. The molecule has 4 rings (SSSR count). The van der Waals surface area contributed by atoms with Gasteiger partial charge in [-0.05, 0) is 73.9 Å². The second-order valence-electron chi connectivity index (χ2n) is 9.74. The van der Waals surface area contributed by atoms with Crippen molar-refractivity contribution >= 4 is 17.6 Å². The molecule has 0 bridgehead atoms. The van der Waals surface area contributed by atoms with E-state index in [1.165, 1.54) is 5.56 Å². The van der Waals surface area contributed by atoms with E-state index in [1.807, 2.05) is 59.2 Å². The van der Waals surface area contributed by atoms with Gasteiger partial charge in [-0.3, -0.25) is 9.48 Å². The van der Waals surface area contributed by atoms with E-state index in [1.54, 1.807) is 6.92 Å². The summed E-state index contributed by atoms with van der Waals surface area (Å²) in [6, 6.07) is 14.1.